The molecule has 1 amide bonds. The fourth-order valence-corrected chi connectivity index (χ4v) is 2.52. The average Bonchev–Trinajstić information content (AvgIpc) is 2.85. The Morgan fingerprint density at radius 2 is 2.20 bits per heavy atom. The highest BCUT2D eigenvalue weighted by Crippen LogP contribution is 2.23. The van der Waals surface area contributed by atoms with Crippen molar-refractivity contribution in [3.05, 3.63) is 18.0 Å². The zero-order valence-corrected chi connectivity index (χ0v) is 12.0. The van der Waals surface area contributed by atoms with Gasteiger partial charge in [0.2, 0.25) is 0 Å². The fraction of sp³-hybridized carbons (Fsp3) is 0.643. The maximum Gasteiger partial charge on any atom is 0.341 e. The van der Waals surface area contributed by atoms with E-state index in [4.69, 9.17) is 4.74 Å². The van der Waals surface area contributed by atoms with Crippen molar-refractivity contribution in [2.45, 2.75) is 38.6 Å². The normalized spacial score (nSPS) is 22.3. The molecule has 1 aromatic heterocycles. The second-order valence-electron chi connectivity index (χ2n) is 5.41. The first-order valence-electron chi connectivity index (χ1n) is 7.01. The molecule has 0 aromatic carbocycles. The number of hydrogen-bond acceptors (Lipinski definition) is 4. The lowest BCUT2D eigenvalue weighted by molar-refractivity contribution is -0.125. The molecule has 0 unspecified atom stereocenters. The van der Waals surface area contributed by atoms with Crippen LogP contribution in [-0.4, -0.2) is 34.3 Å². The van der Waals surface area contributed by atoms with Crippen molar-refractivity contribution >= 4 is 11.9 Å². The summed E-state index contributed by atoms with van der Waals surface area (Å²) in [5, 5.41) is 6.83. The number of carbonyl (C=O) groups excluding carboxylic acids is 2. The summed E-state index contributed by atoms with van der Waals surface area (Å²) in [6, 6.07) is 0.202. The molecule has 0 saturated heterocycles. The van der Waals surface area contributed by atoms with Crippen LogP contribution in [0.3, 0.4) is 0 Å². The van der Waals surface area contributed by atoms with Crippen molar-refractivity contribution in [2.75, 3.05) is 6.61 Å². The molecule has 6 heteroatoms. The first-order chi connectivity index (χ1) is 9.56. The third-order valence-electron chi connectivity index (χ3n) is 3.73. The van der Waals surface area contributed by atoms with Gasteiger partial charge in [0.1, 0.15) is 0 Å². The van der Waals surface area contributed by atoms with Crippen molar-refractivity contribution in [3.63, 3.8) is 0 Å². The second kappa shape index (κ2) is 6.54. The molecule has 110 valence electrons. The molecule has 0 aliphatic heterocycles. The van der Waals surface area contributed by atoms with Crippen molar-refractivity contribution in [1.82, 2.24) is 15.1 Å². The lowest BCUT2D eigenvalue weighted by Crippen LogP contribution is -2.42. The number of ether oxygens (including phenoxy) is 1. The summed E-state index contributed by atoms with van der Waals surface area (Å²) >= 11 is 0. The Kier molecular flexibility index (Phi) is 4.76. The van der Waals surface area contributed by atoms with E-state index in [0.717, 1.165) is 19.3 Å². The van der Waals surface area contributed by atoms with E-state index in [-0.39, 0.29) is 18.6 Å². The molecule has 2 atom stereocenters. The summed E-state index contributed by atoms with van der Waals surface area (Å²) in [5.74, 6) is -0.271. The van der Waals surface area contributed by atoms with Crippen molar-refractivity contribution in [1.29, 1.82) is 0 Å². The molecule has 1 saturated carbocycles. The van der Waals surface area contributed by atoms with Crippen LogP contribution < -0.4 is 5.32 Å². The molecule has 1 fully saturated rings. The van der Waals surface area contributed by atoms with Crippen molar-refractivity contribution < 1.29 is 14.3 Å². The molecular weight excluding hydrogens is 258 g/mol. The van der Waals surface area contributed by atoms with Crippen LogP contribution in [0.15, 0.2) is 12.4 Å². The number of amides is 1. The zero-order chi connectivity index (χ0) is 14.5. The van der Waals surface area contributed by atoms with Gasteiger partial charge >= 0.3 is 5.97 Å². The smallest absolute Gasteiger partial charge is 0.341 e. The van der Waals surface area contributed by atoms with Crippen LogP contribution in [0.2, 0.25) is 0 Å². The molecule has 6 nitrogen and oxygen atoms in total. The lowest BCUT2D eigenvalue weighted by atomic mass is 9.86. The Labute approximate surface area is 118 Å². The quantitative estimate of drug-likeness (QED) is 0.842. The van der Waals surface area contributed by atoms with Gasteiger partial charge in [-0.2, -0.15) is 5.10 Å². The number of hydrogen-bond donors (Lipinski definition) is 1. The minimum Gasteiger partial charge on any atom is -0.452 e. The van der Waals surface area contributed by atoms with Gasteiger partial charge in [-0.3, -0.25) is 9.48 Å². The molecule has 1 aliphatic carbocycles. The fourth-order valence-electron chi connectivity index (χ4n) is 2.52. The first-order valence-corrected chi connectivity index (χ1v) is 7.01. The standard InChI is InChI=1S/C14H21N3O3/c1-10-5-3-4-6-12(10)16-13(18)9-20-14(19)11-7-15-17(2)8-11/h7-8,10,12H,3-6,9H2,1-2H3,(H,16,18)/t10-,12-/m1/s1. The summed E-state index contributed by atoms with van der Waals surface area (Å²) in [4.78, 5) is 23.5. The van der Waals surface area contributed by atoms with E-state index in [0.29, 0.717) is 11.5 Å². The molecule has 20 heavy (non-hydrogen) atoms. The second-order valence-corrected chi connectivity index (χ2v) is 5.41. The maximum absolute atomic E-state index is 11.8. The van der Waals surface area contributed by atoms with Gasteiger partial charge in [0, 0.05) is 19.3 Å². The number of nitrogens with zero attached hydrogens (tertiary/aromatic N) is 2. The maximum atomic E-state index is 11.8. The highest BCUT2D eigenvalue weighted by molar-refractivity contribution is 5.90. The molecule has 0 spiro atoms. The Hall–Kier alpha value is -1.85. The first kappa shape index (κ1) is 14.6. The number of carbonyl (C=O) groups is 2. The van der Waals surface area contributed by atoms with Crippen LogP contribution in [0.4, 0.5) is 0 Å². The minimum atomic E-state index is -0.523. The largest absolute Gasteiger partial charge is 0.452 e. The molecule has 0 radical (unpaired) electrons. The monoisotopic (exact) mass is 279 g/mol. The average molecular weight is 279 g/mol. The Morgan fingerprint density at radius 1 is 1.45 bits per heavy atom. The predicted octanol–water partition coefficient (Wildman–Crippen LogP) is 1.27. The Morgan fingerprint density at radius 3 is 2.85 bits per heavy atom. The molecule has 1 N–H and O–H groups in total. The summed E-state index contributed by atoms with van der Waals surface area (Å²) in [7, 11) is 1.72. The van der Waals surface area contributed by atoms with Gasteiger partial charge in [0.15, 0.2) is 6.61 Å². The van der Waals surface area contributed by atoms with E-state index < -0.39 is 5.97 Å². The van der Waals surface area contributed by atoms with Gasteiger partial charge in [-0.15, -0.1) is 0 Å². The molecular formula is C14H21N3O3. The third-order valence-corrected chi connectivity index (χ3v) is 3.73. The molecule has 2 rings (SSSR count). The van der Waals surface area contributed by atoms with Crippen LogP contribution in [0.25, 0.3) is 0 Å². The Bertz CT molecular complexity index is 484. The van der Waals surface area contributed by atoms with E-state index in [1.165, 1.54) is 17.3 Å². The number of aryl methyl sites for hydroxylation is 1. The topological polar surface area (TPSA) is 73.2 Å². The summed E-state index contributed by atoms with van der Waals surface area (Å²) in [6.07, 6.45) is 7.49. The minimum absolute atomic E-state index is 0.202. The molecule has 1 aliphatic rings. The van der Waals surface area contributed by atoms with Gasteiger partial charge in [0.05, 0.1) is 11.8 Å². The van der Waals surface area contributed by atoms with Crippen LogP contribution in [0, 0.1) is 5.92 Å². The predicted molar refractivity (Wildman–Crippen MR) is 73.1 cm³/mol. The SMILES string of the molecule is C[C@@H]1CCCC[C@H]1NC(=O)COC(=O)c1cnn(C)c1. The van der Waals surface area contributed by atoms with Gasteiger partial charge in [-0.25, -0.2) is 4.79 Å². The molecule has 1 aromatic rings. The third kappa shape index (κ3) is 3.82. The lowest BCUT2D eigenvalue weighted by Gasteiger charge is -2.29. The van der Waals surface area contributed by atoms with Gasteiger partial charge in [-0.05, 0) is 18.8 Å². The number of rotatable bonds is 4. The summed E-state index contributed by atoms with van der Waals surface area (Å²) < 4.78 is 6.49. The zero-order valence-electron chi connectivity index (χ0n) is 12.0. The summed E-state index contributed by atoms with van der Waals surface area (Å²) in [6.45, 7) is 1.91. The number of nitrogens with one attached hydrogen (secondary N) is 1. The van der Waals surface area contributed by atoms with E-state index >= 15 is 0 Å². The van der Waals surface area contributed by atoms with E-state index in [9.17, 15) is 9.59 Å². The van der Waals surface area contributed by atoms with Crippen LogP contribution in [-0.2, 0) is 16.6 Å². The molecule has 0 bridgehead atoms. The molecule has 1 heterocycles. The Balaban J connectivity index is 1.76. The van der Waals surface area contributed by atoms with Gasteiger partial charge < -0.3 is 10.1 Å². The van der Waals surface area contributed by atoms with Crippen molar-refractivity contribution in [3.8, 4) is 0 Å². The van der Waals surface area contributed by atoms with Gasteiger partial charge in [-0.1, -0.05) is 19.8 Å². The van der Waals surface area contributed by atoms with E-state index in [2.05, 4.69) is 17.3 Å². The van der Waals surface area contributed by atoms with Crippen molar-refractivity contribution in [2.24, 2.45) is 13.0 Å². The van der Waals surface area contributed by atoms with Crippen LogP contribution in [0.5, 0.6) is 0 Å². The number of esters is 1. The van der Waals surface area contributed by atoms with E-state index in [1.807, 2.05) is 0 Å². The highest BCUT2D eigenvalue weighted by atomic mass is 16.5. The number of aromatic nitrogens is 2. The van der Waals surface area contributed by atoms with E-state index in [1.54, 1.807) is 13.2 Å². The highest BCUT2D eigenvalue weighted by Gasteiger charge is 2.23. The van der Waals surface area contributed by atoms with Gasteiger partial charge in [0.25, 0.3) is 5.91 Å². The van der Waals surface area contributed by atoms with Crippen LogP contribution in [0.1, 0.15) is 43.0 Å². The summed E-state index contributed by atoms with van der Waals surface area (Å²) in [5.41, 5.74) is 0.353. The van der Waals surface area contributed by atoms with Crippen LogP contribution >= 0.6 is 0 Å².